The molecule has 2 aromatic rings. The van der Waals surface area contributed by atoms with Gasteiger partial charge in [-0.25, -0.2) is 4.79 Å². The van der Waals surface area contributed by atoms with Gasteiger partial charge in [-0.05, 0) is 80.6 Å². The number of halogens is 1. The molecule has 0 N–H and O–H groups in total. The van der Waals surface area contributed by atoms with Crippen molar-refractivity contribution in [2.75, 3.05) is 41.4 Å². The highest BCUT2D eigenvalue weighted by Gasteiger charge is 2.39. The Morgan fingerprint density at radius 1 is 1.00 bits per heavy atom. The van der Waals surface area contributed by atoms with Gasteiger partial charge >= 0.3 is 6.09 Å². The molecule has 1 aliphatic heterocycles. The van der Waals surface area contributed by atoms with E-state index < -0.39 is 0 Å². The third-order valence-electron chi connectivity index (χ3n) is 7.29. The Bertz CT molecular complexity index is 1070. The predicted octanol–water partition coefficient (Wildman–Crippen LogP) is 5.34. The summed E-state index contributed by atoms with van der Waals surface area (Å²) in [7, 11) is 6.57. The Balaban J connectivity index is 0.00000361. The molecule has 0 saturated carbocycles. The van der Waals surface area contributed by atoms with Gasteiger partial charge in [0.25, 0.3) is 0 Å². The van der Waals surface area contributed by atoms with Gasteiger partial charge in [0.1, 0.15) is 5.75 Å². The number of Topliss-reactive ketones (excluding diaryl/α,β-unsaturated/α-hetero) is 1. The number of likely N-dealkylation sites (tertiary alicyclic amines) is 1. The second-order valence-corrected chi connectivity index (χ2v) is 9.57. The van der Waals surface area contributed by atoms with Crippen molar-refractivity contribution in [3.05, 3.63) is 53.1 Å². The predicted molar refractivity (Wildman–Crippen MR) is 142 cm³/mol. The number of hydrogen-bond donors (Lipinski definition) is 0. The molecule has 0 aromatic heterocycles. The van der Waals surface area contributed by atoms with Crippen LogP contribution in [0.4, 0.5) is 4.79 Å². The molecule has 2 atom stereocenters. The lowest BCUT2D eigenvalue weighted by Crippen LogP contribution is -2.36. The quantitative estimate of drug-likeness (QED) is 0.331. The fourth-order valence-electron chi connectivity index (χ4n) is 5.47. The summed E-state index contributed by atoms with van der Waals surface area (Å²) in [6.07, 6.45) is 5.16. The van der Waals surface area contributed by atoms with Crippen molar-refractivity contribution >= 4 is 24.3 Å². The number of unbranched alkanes of at least 4 members (excludes halogenated alkanes) is 1. The largest absolute Gasteiger partial charge is 0.493 e. The number of benzene rings is 2. The highest BCUT2D eigenvalue weighted by molar-refractivity contribution is 5.96. The first-order valence-electron chi connectivity index (χ1n) is 12.4. The van der Waals surface area contributed by atoms with E-state index in [1.807, 2.05) is 12.1 Å². The number of carbonyl (C=O) groups excluding carboxylic acids is 2. The van der Waals surface area contributed by atoms with E-state index in [1.54, 1.807) is 46.5 Å². The molecule has 2 aromatic carbocycles. The molecule has 0 radical (unpaired) electrons. The molecule has 0 spiro atoms. The standard InChI is InChI=1S/C28H36N2O5.ClH/c1-29(2)28(32)35-25-10-7-8-20-21-15-17-30(23(21)13-12-22(20)25)16-6-5-9-24(31)19-11-14-26(33-3)27(18-19)34-4;/h7-8,10-11,14,18,21,23H,5-6,9,12-13,15-17H2,1-4H3;1H/t21-,23+;/m0./s1. The number of ketones is 1. The lowest BCUT2D eigenvalue weighted by molar-refractivity contribution is 0.0977. The highest BCUT2D eigenvalue weighted by atomic mass is 35.5. The Labute approximate surface area is 220 Å². The number of amides is 1. The van der Waals surface area contributed by atoms with Crippen molar-refractivity contribution in [2.24, 2.45) is 0 Å². The number of carbonyl (C=O) groups is 2. The minimum atomic E-state index is -0.337. The smallest absolute Gasteiger partial charge is 0.414 e. The highest BCUT2D eigenvalue weighted by Crippen LogP contribution is 2.44. The third kappa shape index (κ3) is 5.95. The van der Waals surface area contributed by atoms with E-state index in [9.17, 15) is 9.59 Å². The van der Waals surface area contributed by atoms with Crippen molar-refractivity contribution in [3.63, 3.8) is 0 Å². The maximum Gasteiger partial charge on any atom is 0.414 e. The normalized spacial score (nSPS) is 18.4. The van der Waals surface area contributed by atoms with Crippen LogP contribution in [0.1, 0.15) is 59.5 Å². The van der Waals surface area contributed by atoms with Crippen LogP contribution in [0.3, 0.4) is 0 Å². The fourth-order valence-corrected chi connectivity index (χ4v) is 5.47. The number of rotatable bonds is 9. The zero-order chi connectivity index (χ0) is 24.9. The van der Waals surface area contributed by atoms with Crippen molar-refractivity contribution in [3.8, 4) is 17.2 Å². The minimum Gasteiger partial charge on any atom is -0.493 e. The van der Waals surface area contributed by atoms with E-state index in [-0.39, 0.29) is 24.3 Å². The van der Waals surface area contributed by atoms with Gasteiger partial charge in [-0.1, -0.05) is 12.1 Å². The van der Waals surface area contributed by atoms with Crippen LogP contribution in [0.25, 0.3) is 0 Å². The average molecular weight is 517 g/mol. The van der Waals surface area contributed by atoms with Crippen LogP contribution < -0.4 is 14.2 Å². The molecule has 36 heavy (non-hydrogen) atoms. The summed E-state index contributed by atoms with van der Waals surface area (Å²) >= 11 is 0. The van der Waals surface area contributed by atoms with Crippen LogP contribution in [0.5, 0.6) is 17.2 Å². The van der Waals surface area contributed by atoms with Crippen LogP contribution in [-0.4, -0.2) is 69.1 Å². The number of hydrogen-bond acceptors (Lipinski definition) is 6. The monoisotopic (exact) mass is 516 g/mol. The van der Waals surface area contributed by atoms with Crippen molar-refractivity contribution < 1.29 is 23.8 Å². The summed E-state index contributed by atoms with van der Waals surface area (Å²) in [5.41, 5.74) is 3.18. The minimum absolute atomic E-state index is 0. The Kier molecular flexibility index (Phi) is 9.63. The number of nitrogens with zero attached hydrogens (tertiary/aromatic N) is 2. The first kappa shape index (κ1) is 27.8. The van der Waals surface area contributed by atoms with Crippen molar-refractivity contribution in [1.82, 2.24) is 9.80 Å². The summed E-state index contributed by atoms with van der Waals surface area (Å²) in [4.78, 5) is 28.8. The molecule has 1 heterocycles. The van der Waals surface area contributed by atoms with E-state index in [0.29, 0.717) is 41.2 Å². The van der Waals surface area contributed by atoms with Crippen LogP contribution in [-0.2, 0) is 6.42 Å². The molecule has 0 bridgehead atoms. The van der Waals surface area contributed by atoms with E-state index in [2.05, 4.69) is 11.0 Å². The molecule has 4 rings (SSSR count). The van der Waals surface area contributed by atoms with Gasteiger partial charge < -0.3 is 19.1 Å². The molecule has 2 aliphatic rings. The summed E-state index contributed by atoms with van der Waals surface area (Å²) in [5.74, 6) is 2.52. The zero-order valence-electron chi connectivity index (χ0n) is 21.6. The fraction of sp³-hybridized carbons (Fsp3) is 0.500. The maximum atomic E-state index is 12.7. The number of fused-ring (bicyclic) bond motifs is 3. The number of ether oxygens (including phenoxy) is 3. The van der Waals surface area contributed by atoms with E-state index in [4.69, 9.17) is 14.2 Å². The summed E-state index contributed by atoms with van der Waals surface area (Å²) in [6.45, 7) is 2.07. The summed E-state index contributed by atoms with van der Waals surface area (Å²) in [6, 6.07) is 12.0. The first-order valence-corrected chi connectivity index (χ1v) is 12.4. The van der Waals surface area contributed by atoms with E-state index in [0.717, 1.165) is 45.2 Å². The van der Waals surface area contributed by atoms with Gasteiger partial charge in [0.15, 0.2) is 17.3 Å². The Morgan fingerprint density at radius 3 is 2.50 bits per heavy atom. The average Bonchev–Trinajstić information content (AvgIpc) is 3.29. The maximum absolute atomic E-state index is 12.7. The zero-order valence-corrected chi connectivity index (χ0v) is 22.4. The second kappa shape index (κ2) is 12.5. The first-order chi connectivity index (χ1) is 16.9. The molecule has 0 unspecified atom stereocenters. The molecule has 1 aliphatic carbocycles. The van der Waals surface area contributed by atoms with Crippen molar-refractivity contribution in [2.45, 2.75) is 50.5 Å². The molecule has 8 heteroatoms. The number of methoxy groups -OCH3 is 2. The van der Waals surface area contributed by atoms with Crippen LogP contribution in [0.2, 0.25) is 0 Å². The van der Waals surface area contributed by atoms with Crippen molar-refractivity contribution in [1.29, 1.82) is 0 Å². The van der Waals surface area contributed by atoms with Crippen LogP contribution >= 0.6 is 12.4 Å². The molecule has 196 valence electrons. The molecular weight excluding hydrogens is 480 g/mol. The molecule has 7 nitrogen and oxygen atoms in total. The Morgan fingerprint density at radius 2 is 1.78 bits per heavy atom. The lowest BCUT2D eigenvalue weighted by Gasteiger charge is -2.34. The van der Waals surface area contributed by atoms with Gasteiger partial charge in [-0.2, -0.15) is 0 Å². The van der Waals surface area contributed by atoms with Gasteiger partial charge in [0.05, 0.1) is 14.2 Å². The SMILES string of the molecule is COc1ccc(C(=O)CCCCN2CC[C@H]3c4cccc(OC(=O)N(C)C)c4CC[C@H]32)cc1OC.Cl. The van der Waals surface area contributed by atoms with Gasteiger partial charge in [0, 0.05) is 38.0 Å². The van der Waals surface area contributed by atoms with E-state index in [1.165, 1.54) is 16.0 Å². The Hall–Kier alpha value is -2.77. The van der Waals surface area contributed by atoms with Crippen LogP contribution in [0.15, 0.2) is 36.4 Å². The second-order valence-electron chi connectivity index (χ2n) is 9.57. The molecular formula is C28H37ClN2O5. The summed E-state index contributed by atoms with van der Waals surface area (Å²) < 4.78 is 16.2. The van der Waals surface area contributed by atoms with Crippen LogP contribution in [0, 0.1) is 0 Å². The molecule has 1 fully saturated rings. The van der Waals surface area contributed by atoms with E-state index >= 15 is 0 Å². The van der Waals surface area contributed by atoms with Gasteiger partial charge in [-0.3, -0.25) is 9.69 Å². The van der Waals surface area contributed by atoms with Gasteiger partial charge in [-0.15, -0.1) is 12.4 Å². The topological polar surface area (TPSA) is 68.3 Å². The molecule has 1 amide bonds. The molecule has 1 saturated heterocycles. The van der Waals surface area contributed by atoms with Gasteiger partial charge in [0.2, 0.25) is 0 Å². The lowest BCUT2D eigenvalue weighted by atomic mass is 9.79. The summed E-state index contributed by atoms with van der Waals surface area (Å²) in [5, 5.41) is 0. The third-order valence-corrected chi connectivity index (χ3v) is 7.29.